The zero-order chi connectivity index (χ0) is 13.1. The van der Waals surface area contributed by atoms with E-state index in [9.17, 15) is 4.79 Å². The van der Waals surface area contributed by atoms with E-state index in [4.69, 9.17) is 4.42 Å². The van der Waals surface area contributed by atoms with Crippen LogP contribution in [0.1, 0.15) is 12.8 Å². The second-order valence-electron chi connectivity index (χ2n) is 4.58. The highest BCUT2D eigenvalue weighted by atomic mass is 35.5. The molecule has 1 aromatic heterocycles. The van der Waals surface area contributed by atoms with Gasteiger partial charge in [-0.3, -0.25) is 4.79 Å². The van der Waals surface area contributed by atoms with Crippen molar-refractivity contribution in [1.29, 1.82) is 0 Å². The van der Waals surface area contributed by atoms with E-state index in [1.165, 1.54) is 6.39 Å². The number of halogens is 1. The molecule has 1 atom stereocenters. The third kappa shape index (κ3) is 3.18. The lowest BCUT2D eigenvalue weighted by atomic mass is 10.1. The SMILES string of the molecule is Cl.O=C(Nc1ccc(-c2cnco2)cc1)[C@@H]1CCCN1. The Morgan fingerprint density at radius 2 is 2.15 bits per heavy atom. The summed E-state index contributed by atoms with van der Waals surface area (Å²) in [6.45, 7) is 0.919. The maximum atomic E-state index is 11.9. The standard InChI is InChI=1S/C14H15N3O2.ClH/c18-14(12-2-1-7-16-12)17-11-5-3-10(4-6-11)13-8-15-9-19-13;/h3-6,8-9,12,16H,1-2,7H2,(H,17,18);1H/t12-;/m0./s1. The molecule has 0 radical (unpaired) electrons. The Kier molecular flexibility index (Phi) is 4.76. The molecule has 1 saturated heterocycles. The van der Waals surface area contributed by atoms with E-state index in [0.29, 0.717) is 0 Å². The van der Waals surface area contributed by atoms with Gasteiger partial charge in [0.2, 0.25) is 5.91 Å². The molecule has 0 aliphatic carbocycles. The Labute approximate surface area is 123 Å². The number of aromatic nitrogens is 1. The lowest BCUT2D eigenvalue weighted by Gasteiger charge is -2.11. The Morgan fingerprint density at radius 3 is 2.75 bits per heavy atom. The van der Waals surface area contributed by atoms with Gasteiger partial charge in [-0.1, -0.05) is 0 Å². The van der Waals surface area contributed by atoms with Crippen molar-refractivity contribution in [3.63, 3.8) is 0 Å². The van der Waals surface area contributed by atoms with Crippen molar-refractivity contribution in [1.82, 2.24) is 10.3 Å². The van der Waals surface area contributed by atoms with Crippen molar-refractivity contribution in [3.05, 3.63) is 36.9 Å². The van der Waals surface area contributed by atoms with Crippen LogP contribution in [-0.4, -0.2) is 23.5 Å². The molecule has 0 unspecified atom stereocenters. The second-order valence-corrected chi connectivity index (χ2v) is 4.58. The number of hydrogen-bond donors (Lipinski definition) is 2. The van der Waals surface area contributed by atoms with Crippen molar-refractivity contribution < 1.29 is 9.21 Å². The summed E-state index contributed by atoms with van der Waals surface area (Å²) in [6.07, 6.45) is 5.03. The fourth-order valence-corrected chi connectivity index (χ4v) is 2.21. The van der Waals surface area contributed by atoms with Crippen molar-refractivity contribution >= 4 is 24.0 Å². The normalized spacial score (nSPS) is 17.5. The van der Waals surface area contributed by atoms with Crippen LogP contribution in [0.25, 0.3) is 11.3 Å². The number of nitrogens with one attached hydrogen (secondary N) is 2. The highest BCUT2D eigenvalue weighted by Gasteiger charge is 2.21. The van der Waals surface area contributed by atoms with E-state index in [2.05, 4.69) is 15.6 Å². The second kappa shape index (κ2) is 6.54. The van der Waals surface area contributed by atoms with Crippen LogP contribution >= 0.6 is 12.4 Å². The molecule has 2 N–H and O–H groups in total. The zero-order valence-corrected chi connectivity index (χ0v) is 11.7. The maximum absolute atomic E-state index is 11.9. The molecule has 0 bridgehead atoms. The molecule has 1 amide bonds. The minimum atomic E-state index is -0.0612. The van der Waals surface area contributed by atoms with E-state index in [1.807, 2.05) is 24.3 Å². The largest absolute Gasteiger partial charge is 0.444 e. The molecule has 1 aliphatic heterocycles. The summed E-state index contributed by atoms with van der Waals surface area (Å²) in [5.74, 6) is 0.750. The number of oxazole rings is 1. The molecule has 5 nitrogen and oxygen atoms in total. The van der Waals surface area contributed by atoms with Gasteiger partial charge < -0.3 is 15.1 Å². The van der Waals surface area contributed by atoms with Gasteiger partial charge in [0.1, 0.15) is 0 Å². The smallest absolute Gasteiger partial charge is 0.241 e. The van der Waals surface area contributed by atoms with E-state index in [1.54, 1.807) is 6.20 Å². The molecule has 0 spiro atoms. The monoisotopic (exact) mass is 293 g/mol. The topological polar surface area (TPSA) is 67.2 Å². The maximum Gasteiger partial charge on any atom is 0.241 e. The first-order valence-corrected chi connectivity index (χ1v) is 6.36. The van der Waals surface area contributed by atoms with Crippen molar-refractivity contribution in [2.24, 2.45) is 0 Å². The van der Waals surface area contributed by atoms with Gasteiger partial charge in [0, 0.05) is 11.3 Å². The predicted molar refractivity (Wildman–Crippen MR) is 78.8 cm³/mol. The van der Waals surface area contributed by atoms with E-state index in [0.717, 1.165) is 36.4 Å². The van der Waals surface area contributed by atoms with Gasteiger partial charge in [0.15, 0.2) is 12.2 Å². The number of carbonyl (C=O) groups excluding carboxylic acids is 1. The summed E-state index contributed by atoms with van der Waals surface area (Å²) in [6, 6.07) is 7.47. The minimum Gasteiger partial charge on any atom is -0.444 e. The van der Waals surface area contributed by atoms with Gasteiger partial charge in [0.05, 0.1) is 12.2 Å². The Hall–Kier alpha value is -1.85. The molecule has 6 heteroatoms. The number of nitrogens with zero attached hydrogens (tertiary/aromatic N) is 1. The van der Waals surface area contributed by atoms with E-state index >= 15 is 0 Å². The van der Waals surface area contributed by atoms with Crippen LogP contribution in [0, 0.1) is 0 Å². The molecule has 1 aliphatic rings. The Balaban J connectivity index is 0.00000147. The van der Waals surface area contributed by atoms with Gasteiger partial charge in [0.25, 0.3) is 0 Å². The van der Waals surface area contributed by atoms with Gasteiger partial charge in [-0.25, -0.2) is 4.98 Å². The third-order valence-electron chi connectivity index (χ3n) is 3.25. The average Bonchev–Trinajstić information content (AvgIpc) is 3.13. The van der Waals surface area contributed by atoms with Crippen LogP contribution in [0.5, 0.6) is 0 Å². The quantitative estimate of drug-likeness (QED) is 0.912. The molecular formula is C14H16ClN3O2. The van der Waals surface area contributed by atoms with E-state index in [-0.39, 0.29) is 24.4 Å². The molecular weight excluding hydrogens is 278 g/mol. The molecule has 20 heavy (non-hydrogen) atoms. The van der Waals surface area contributed by atoms with Gasteiger partial charge in [-0.15, -0.1) is 12.4 Å². The fourth-order valence-electron chi connectivity index (χ4n) is 2.21. The summed E-state index contributed by atoms with van der Waals surface area (Å²) in [7, 11) is 0. The first-order chi connectivity index (χ1) is 9.33. The number of benzene rings is 1. The van der Waals surface area contributed by atoms with E-state index < -0.39 is 0 Å². The van der Waals surface area contributed by atoms with Gasteiger partial charge in [-0.2, -0.15) is 0 Å². The number of amides is 1. The first-order valence-electron chi connectivity index (χ1n) is 6.36. The van der Waals surface area contributed by atoms with Crippen LogP contribution in [-0.2, 0) is 4.79 Å². The molecule has 106 valence electrons. The van der Waals surface area contributed by atoms with Crippen molar-refractivity contribution in [3.8, 4) is 11.3 Å². The predicted octanol–water partition coefficient (Wildman–Crippen LogP) is 2.45. The summed E-state index contributed by atoms with van der Waals surface area (Å²) < 4.78 is 5.21. The first kappa shape index (κ1) is 14.6. The fraction of sp³-hybridized carbons (Fsp3) is 0.286. The Bertz CT molecular complexity index is 548. The molecule has 1 fully saturated rings. The van der Waals surface area contributed by atoms with Gasteiger partial charge in [-0.05, 0) is 43.7 Å². The van der Waals surface area contributed by atoms with Crippen LogP contribution < -0.4 is 10.6 Å². The highest BCUT2D eigenvalue weighted by molar-refractivity contribution is 5.95. The Morgan fingerprint density at radius 1 is 1.35 bits per heavy atom. The number of anilines is 1. The lowest BCUT2D eigenvalue weighted by molar-refractivity contribution is -0.117. The number of rotatable bonds is 3. The highest BCUT2D eigenvalue weighted by Crippen LogP contribution is 2.21. The molecule has 1 aromatic carbocycles. The van der Waals surface area contributed by atoms with Crippen LogP contribution in [0.2, 0.25) is 0 Å². The summed E-state index contributed by atoms with van der Waals surface area (Å²) >= 11 is 0. The molecule has 2 heterocycles. The average molecular weight is 294 g/mol. The van der Waals surface area contributed by atoms with Crippen molar-refractivity contribution in [2.75, 3.05) is 11.9 Å². The molecule has 2 aromatic rings. The molecule has 3 rings (SSSR count). The summed E-state index contributed by atoms with van der Waals surface area (Å²) in [4.78, 5) is 15.8. The third-order valence-corrected chi connectivity index (χ3v) is 3.25. The van der Waals surface area contributed by atoms with Crippen molar-refractivity contribution in [2.45, 2.75) is 18.9 Å². The van der Waals surface area contributed by atoms with Crippen LogP contribution in [0.3, 0.4) is 0 Å². The van der Waals surface area contributed by atoms with Crippen LogP contribution in [0.4, 0.5) is 5.69 Å². The molecule has 0 saturated carbocycles. The lowest BCUT2D eigenvalue weighted by Crippen LogP contribution is -2.35. The van der Waals surface area contributed by atoms with Gasteiger partial charge >= 0.3 is 0 Å². The summed E-state index contributed by atoms with van der Waals surface area (Å²) in [5.41, 5.74) is 1.73. The number of hydrogen-bond acceptors (Lipinski definition) is 4. The van der Waals surface area contributed by atoms with Crippen LogP contribution in [0.15, 0.2) is 41.3 Å². The zero-order valence-electron chi connectivity index (χ0n) is 10.8. The number of carbonyl (C=O) groups is 1. The minimum absolute atomic E-state index is 0. The summed E-state index contributed by atoms with van der Waals surface area (Å²) in [5, 5.41) is 6.08.